The summed E-state index contributed by atoms with van der Waals surface area (Å²) in [6.45, 7) is -0.159. The van der Waals surface area contributed by atoms with E-state index < -0.39 is 5.91 Å². The number of anilines is 1. The molecule has 0 aliphatic heterocycles. The summed E-state index contributed by atoms with van der Waals surface area (Å²) >= 11 is 12.1. The number of carbonyl (C=O) groups excluding carboxylic acids is 3. The minimum absolute atomic E-state index is 0.0482. The van der Waals surface area contributed by atoms with E-state index in [4.69, 9.17) is 23.2 Å². The summed E-state index contributed by atoms with van der Waals surface area (Å²) < 4.78 is 0. The molecule has 5 nitrogen and oxygen atoms in total. The first kappa shape index (κ1) is 22.3. The molecule has 158 valence electrons. The lowest BCUT2D eigenvalue weighted by Gasteiger charge is -2.18. The van der Waals surface area contributed by atoms with E-state index in [9.17, 15) is 14.4 Å². The average molecular weight is 447 g/mol. The van der Waals surface area contributed by atoms with Crippen molar-refractivity contribution in [2.24, 2.45) is 0 Å². The molecule has 1 aliphatic rings. The van der Waals surface area contributed by atoms with Crippen LogP contribution in [0.4, 0.5) is 5.69 Å². The van der Waals surface area contributed by atoms with Crippen LogP contribution >= 0.6 is 23.2 Å². The van der Waals surface area contributed by atoms with Crippen molar-refractivity contribution in [3.8, 4) is 0 Å². The van der Waals surface area contributed by atoms with Crippen LogP contribution in [0.3, 0.4) is 0 Å². The van der Waals surface area contributed by atoms with E-state index in [-0.39, 0.29) is 31.1 Å². The molecule has 0 radical (unpaired) electrons. The Morgan fingerprint density at radius 1 is 0.967 bits per heavy atom. The van der Waals surface area contributed by atoms with Gasteiger partial charge in [-0.3, -0.25) is 14.4 Å². The van der Waals surface area contributed by atoms with Crippen molar-refractivity contribution < 1.29 is 14.4 Å². The first-order valence-electron chi connectivity index (χ1n) is 9.98. The summed E-state index contributed by atoms with van der Waals surface area (Å²) in [6.07, 6.45) is 4.57. The van der Waals surface area contributed by atoms with Crippen LogP contribution in [-0.2, 0) is 22.4 Å². The number of fused-ring (bicyclic) bond motifs is 1. The van der Waals surface area contributed by atoms with Crippen LogP contribution in [0.15, 0.2) is 36.4 Å². The third-order valence-electron chi connectivity index (χ3n) is 5.27. The van der Waals surface area contributed by atoms with Crippen LogP contribution in [-0.4, -0.2) is 36.1 Å². The van der Waals surface area contributed by atoms with Crippen LogP contribution in [0.25, 0.3) is 0 Å². The molecular formula is C23H24Cl2N2O3. The number of amides is 2. The molecule has 0 unspecified atom stereocenters. The lowest BCUT2D eigenvalue weighted by Crippen LogP contribution is -2.35. The Morgan fingerprint density at radius 2 is 1.63 bits per heavy atom. The second-order valence-corrected chi connectivity index (χ2v) is 8.32. The molecule has 0 saturated heterocycles. The number of aryl methyl sites for hydroxylation is 2. The van der Waals surface area contributed by atoms with E-state index in [1.54, 1.807) is 18.2 Å². The molecule has 0 aromatic heterocycles. The van der Waals surface area contributed by atoms with Crippen LogP contribution < -0.4 is 5.32 Å². The molecule has 0 spiro atoms. The van der Waals surface area contributed by atoms with Crippen molar-refractivity contribution in [2.45, 2.75) is 38.5 Å². The van der Waals surface area contributed by atoms with E-state index >= 15 is 0 Å². The second-order valence-electron chi connectivity index (χ2n) is 7.51. The van der Waals surface area contributed by atoms with Gasteiger partial charge >= 0.3 is 0 Å². The Balaban J connectivity index is 1.50. The Kier molecular flexibility index (Phi) is 7.51. The average Bonchev–Trinajstić information content (AvgIpc) is 2.74. The van der Waals surface area contributed by atoms with Gasteiger partial charge < -0.3 is 10.2 Å². The Morgan fingerprint density at radius 3 is 2.33 bits per heavy atom. The largest absolute Gasteiger partial charge is 0.336 e. The van der Waals surface area contributed by atoms with Crippen molar-refractivity contribution in [3.63, 3.8) is 0 Å². The molecule has 0 heterocycles. The quantitative estimate of drug-likeness (QED) is 0.612. The first-order chi connectivity index (χ1) is 14.3. The molecule has 1 aliphatic carbocycles. The number of hydrogen-bond acceptors (Lipinski definition) is 3. The fourth-order valence-electron chi connectivity index (χ4n) is 3.56. The fraction of sp³-hybridized carbons (Fsp3) is 0.348. The fourth-order valence-corrected chi connectivity index (χ4v) is 4.05. The van der Waals surface area contributed by atoms with Gasteiger partial charge in [-0.1, -0.05) is 41.4 Å². The number of nitrogens with one attached hydrogen (secondary N) is 1. The zero-order valence-electron chi connectivity index (χ0n) is 16.8. The topological polar surface area (TPSA) is 66.5 Å². The van der Waals surface area contributed by atoms with Gasteiger partial charge in [-0.15, -0.1) is 0 Å². The number of rotatable bonds is 7. The number of benzene rings is 2. The Hall–Kier alpha value is -2.37. The summed E-state index contributed by atoms with van der Waals surface area (Å²) in [5, 5.41) is 3.26. The normalized spacial score (nSPS) is 12.8. The van der Waals surface area contributed by atoms with Gasteiger partial charge in [-0.05, 0) is 55.0 Å². The number of hydrogen-bond donors (Lipinski definition) is 1. The van der Waals surface area contributed by atoms with Gasteiger partial charge in [0.05, 0.1) is 22.3 Å². The van der Waals surface area contributed by atoms with Crippen molar-refractivity contribution >= 4 is 46.5 Å². The third-order valence-corrected chi connectivity index (χ3v) is 5.90. The van der Waals surface area contributed by atoms with Crippen molar-refractivity contribution in [1.82, 2.24) is 4.90 Å². The predicted octanol–water partition coefficient (Wildman–Crippen LogP) is 4.93. The number of para-hydroxylation sites is 1. The summed E-state index contributed by atoms with van der Waals surface area (Å²) in [5.41, 5.74) is 3.52. The van der Waals surface area contributed by atoms with Gasteiger partial charge in [0.25, 0.3) is 0 Å². The van der Waals surface area contributed by atoms with Crippen LogP contribution in [0.1, 0.15) is 47.2 Å². The summed E-state index contributed by atoms with van der Waals surface area (Å²) in [4.78, 5) is 38.4. The van der Waals surface area contributed by atoms with Gasteiger partial charge in [0.1, 0.15) is 0 Å². The molecule has 2 amide bonds. The molecule has 1 N–H and O–H groups in total. The summed E-state index contributed by atoms with van der Waals surface area (Å²) in [5.74, 6) is -0.749. The summed E-state index contributed by atoms with van der Waals surface area (Å²) in [7, 11) is 1.53. The molecule has 30 heavy (non-hydrogen) atoms. The Bertz CT molecular complexity index is 955. The van der Waals surface area contributed by atoms with Crippen LogP contribution in [0, 0.1) is 0 Å². The van der Waals surface area contributed by atoms with E-state index in [2.05, 4.69) is 5.32 Å². The molecular weight excluding hydrogens is 423 g/mol. The zero-order valence-corrected chi connectivity index (χ0v) is 18.4. The van der Waals surface area contributed by atoms with Gasteiger partial charge in [0, 0.05) is 25.5 Å². The lowest BCUT2D eigenvalue weighted by molar-refractivity contribution is -0.133. The first-order valence-corrected chi connectivity index (χ1v) is 10.7. The van der Waals surface area contributed by atoms with Gasteiger partial charge in [0.15, 0.2) is 5.78 Å². The monoisotopic (exact) mass is 446 g/mol. The van der Waals surface area contributed by atoms with Gasteiger partial charge in [0.2, 0.25) is 11.8 Å². The minimum atomic E-state index is -0.415. The molecule has 2 aromatic carbocycles. The highest BCUT2D eigenvalue weighted by Gasteiger charge is 2.18. The number of likely N-dealkylation sites (N-methyl/N-ethyl adjacent to an activating group) is 1. The van der Waals surface area contributed by atoms with Crippen LogP contribution in [0.5, 0.6) is 0 Å². The van der Waals surface area contributed by atoms with Gasteiger partial charge in [-0.2, -0.15) is 0 Å². The van der Waals surface area contributed by atoms with E-state index in [0.717, 1.165) is 19.3 Å². The van der Waals surface area contributed by atoms with Crippen LogP contribution in [0.2, 0.25) is 10.0 Å². The molecule has 2 aromatic rings. The highest BCUT2D eigenvalue weighted by Crippen LogP contribution is 2.29. The Labute approximate surface area is 186 Å². The smallest absolute Gasteiger partial charge is 0.244 e. The standard InChI is InChI=1S/C23H24Cl2N2O3/c1-27(14-21(29)26-23-18(24)7-4-8-19(23)25)22(30)12-11-20(28)17-10-9-15-5-2-3-6-16(15)13-17/h4,7-10,13H,2-3,5-6,11-12,14H2,1H3,(H,26,29). The second kappa shape index (κ2) is 10.1. The molecule has 0 saturated carbocycles. The highest BCUT2D eigenvalue weighted by atomic mass is 35.5. The van der Waals surface area contributed by atoms with Crippen molar-refractivity contribution in [3.05, 3.63) is 63.1 Å². The minimum Gasteiger partial charge on any atom is -0.336 e. The lowest BCUT2D eigenvalue weighted by atomic mass is 9.89. The highest BCUT2D eigenvalue weighted by molar-refractivity contribution is 6.39. The maximum Gasteiger partial charge on any atom is 0.244 e. The van der Waals surface area contributed by atoms with Crippen molar-refractivity contribution in [1.29, 1.82) is 0 Å². The summed E-state index contributed by atoms with van der Waals surface area (Å²) in [6, 6.07) is 10.7. The number of ketones is 1. The molecule has 0 fully saturated rings. The van der Waals surface area contributed by atoms with Gasteiger partial charge in [-0.25, -0.2) is 0 Å². The zero-order chi connectivity index (χ0) is 21.7. The van der Waals surface area contributed by atoms with E-state index in [0.29, 0.717) is 21.3 Å². The predicted molar refractivity (Wildman–Crippen MR) is 119 cm³/mol. The number of nitrogens with zero attached hydrogens (tertiary/aromatic N) is 1. The number of halogens is 2. The molecule has 3 rings (SSSR count). The SMILES string of the molecule is CN(CC(=O)Nc1c(Cl)cccc1Cl)C(=O)CCC(=O)c1ccc2c(c1)CCCC2. The molecule has 0 atom stereocenters. The van der Waals surface area contributed by atoms with Crippen molar-refractivity contribution in [2.75, 3.05) is 18.9 Å². The molecule has 0 bridgehead atoms. The third kappa shape index (κ3) is 5.61. The van der Waals surface area contributed by atoms with E-state index in [1.807, 2.05) is 18.2 Å². The number of carbonyl (C=O) groups is 3. The maximum atomic E-state index is 12.5. The molecule has 7 heteroatoms. The van der Waals surface area contributed by atoms with E-state index in [1.165, 1.54) is 29.5 Å². The maximum absolute atomic E-state index is 12.5. The number of Topliss-reactive ketones (excluding diaryl/α,β-unsaturated/α-hetero) is 1.